The van der Waals surface area contributed by atoms with Crippen LogP contribution in [0.5, 0.6) is 11.5 Å². The molecule has 0 bridgehead atoms. The molecule has 1 N–H and O–H groups in total. The average molecular weight is 371 g/mol. The molecule has 0 fully saturated rings. The van der Waals surface area contributed by atoms with Gasteiger partial charge in [0.2, 0.25) is 0 Å². The van der Waals surface area contributed by atoms with Gasteiger partial charge in [-0.1, -0.05) is 46.1 Å². The first-order chi connectivity index (χ1) is 12.7. The van der Waals surface area contributed by atoms with Gasteiger partial charge in [-0.3, -0.25) is 0 Å². The van der Waals surface area contributed by atoms with Crippen molar-refractivity contribution in [3.05, 3.63) is 28.8 Å². The van der Waals surface area contributed by atoms with Crippen LogP contribution in [0.1, 0.15) is 91.2 Å². The molecule has 1 aromatic rings. The van der Waals surface area contributed by atoms with Crippen molar-refractivity contribution < 1.29 is 9.84 Å². The highest BCUT2D eigenvalue weighted by Gasteiger charge is 2.39. The highest BCUT2D eigenvalue weighted by atomic mass is 16.5. The molecule has 0 amide bonds. The molecule has 2 nitrogen and oxygen atoms in total. The third-order valence-corrected chi connectivity index (χ3v) is 6.79. The number of benzene rings is 1. The highest BCUT2D eigenvalue weighted by Crippen LogP contribution is 2.51. The third kappa shape index (κ3) is 4.20. The van der Waals surface area contributed by atoms with Crippen molar-refractivity contribution in [2.24, 2.45) is 17.8 Å². The van der Waals surface area contributed by atoms with Crippen LogP contribution < -0.4 is 4.74 Å². The molecule has 3 rings (SSSR count). The van der Waals surface area contributed by atoms with Crippen LogP contribution in [0.3, 0.4) is 0 Å². The minimum Gasteiger partial charge on any atom is -0.507 e. The molecule has 2 heteroatoms. The number of ether oxygens (including phenoxy) is 1. The van der Waals surface area contributed by atoms with Gasteiger partial charge in [0.05, 0.1) is 5.56 Å². The average Bonchev–Trinajstić information content (AvgIpc) is 2.66. The summed E-state index contributed by atoms with van der Waals surface area (Å²) >= 11 is 0. The van der Waals surface area contributed by atoms with Gasteiger partial charge in [0.25, 0.3) is 0 Å². The van der Waals surface area contributed by atoms with Crippen LogP contribution in [0.2, 0.25) is 0 Å². The largest absolute Gasteiger partial charge is 0.507 e. The molecule has 1 heterocycles. The van der Waals surface area contributed by atoms with E-state index in [1.165, 1.54) is 36.0 Å². The zero-order valence-electron chi connectivity index (χ0n) is 18.2. The van der Waals surface area contributed by atoms with E-state index in [1.54, 1.807) is 0 Å². The maximum Gasteiger partial charge on any atom is 0.131 e. The Bertz CT molecular complexity index is 711. The molecule has 1 aliphatic heterocycles. The van der Waals surface area contributed by atoms with Crippen molar-refractivity contribution in [2.75, 3.05) is 0 Å². The molecule has 150 valence electrons. The van der Waals surface area contributed by atoms with E-state index in [1.807, 2.05) is 6.07 Å². The zero-order chi connectivity index (χ0) is 19.8. The summed E-state index contributed by atoms with van der Waals surface area (Å²) in [6.07, 6.45) is 8.12. The Kier molecular flexibility index (Phi) is 5.93. The topological polar surface area (TPSA) is 29.5 Å². The maximum atomic E-state index is 11.0. The van der Waals surface area contributed by atoms with Gasteiger partial charge in [-0.25, -0.2) is 0 Å². The molecule has 0 saturated carbocycles. The second-order valence-electron chi connectivity index (χ2n) is 9.75. The molecule has 0 saturated heterocycles. The van der Waals surface area contributed by atoms with E-state index in [2.05, 4.69) is 47.6 Å². The first-order valence-electron chi connectivity index (χ1n) is 11.0. The van der Waals surface area contributed by atoms with Gasteiger partial charge in [0, 0.05) is 5.92 Å². The predicted molar refractivity (Wildman–Crippen MR) is 114 cm³/mol. The number of aromatic hydroxyl groups is 1. The Hall–Kier alpha value is -1.44. The molecule has 2 atom stereocenters. The van der Waals surface area contributed by atoms with E-state index < -0.39 is 0 Å². The Labute approximate surface area is 166 Å². The predicted octanol–water partition coefficient (Wildman–Crippen LogP) is 7.14. The number of phenols is 1. The van der Waals surface area contributed by atoms with Crippen molar-refractivity contribution in [3.8, 4) is 11.5 Å². The van der Waals surface area contributed by atoms with Crippen LogP contribution >= 0.6 is 0 Å². The van der Waals surface area contributed by atoms with Crippen LogP contribution in [0.4, 0.5) is 0 Å². The van der Waals surface area contributed by atoms with E-state index in [9.17, 15) is 5.11 Å². The molecule has 0 aromatic heterocycles. The first kappa shape index (κ1) is 20.3. The highest BCUT2D eigenvalue weighted by molar-refractivity contribution is 5.79. The molecule has 2 unspecified atom stereocenters. The van der Waals surface area contributed by atoms with E-state index in [0.29, 0.717) is 17.6 Å². The molecular weight excluding hydrogens is 332 g/mol. The van der Waals surface area contributed by atoms with Crippen LogP contribution in [0.25, 0.3) is 5.57 Å². The maximum absolute atomic E-state index is 11.0. The summed E-state index contributed by atoms with van der Waals surface area (Å²) in [6, 6.07) is 4.19. The fourth-order valence-corrected chi connectivity index (χ4v) is 4.86. The van der Waals surface area contributed by atoms with Gasteiger partial charge in [0.1, 0.15) is 17.1 Å². The molecule has 1 aliphatic carbocycles. The van der Waals surface area contributed by atoms with E-state index in [4.69, 9.17) is 4.74 Å². The molecule has 27 heavy (non-hydrogen) atoms. The SMILES string of the molecule is CCCC1CCC2=C(C1)c1c(O)cc(CCC(C)C)cc1OC(C)(C)C2C. The van der Waals surface area contributed by atoms with Crippen LogP contribution in [-0.4, -0.2) is 10.7 Å². The fraction of sp³-hybridized carbons (Fsp3) is 0.680. The van der Waals surface area contributed by atoms with Crippen molar-refractivity contribution in [2.45, 2.75) is 92.1 Å². The molecule has 1 aromatic carbocycles. The van der Waals surface area contributed by atoms with Gasteiger partial charge < -0.3 is 9.84 Å². The van der Waals surface area contributed by atoms with E-state index >= 15 is 0 Å². The van der Waals surface area contributed by atoms with E-state index in [0.717, 1.165) is 42.9 Å². The summed E-state index contributed by atoms with van der Waals surface area (Å²) in [7, 11) is 0. The number of allylic oxidation sites excluding steroid dienone is 1. The van der Waals surface area contributed by atoms with Crippen LogP contribution in [-0.2, 0) is 6.42 Å². The number of phenolic OH excluding ortho intramolecular Hbond substituents is 1. The molecule has 2 aliphatic rings. The summed E-state index contributed by atoms with van der Waals surface area (Å²) in [5.74, 6) is 3.07. The Balaban J connectivity index is 2.07. The first-order valence-corrected chi connectivity index (χ1v) is 11.0. The molecular formula is C25H38O2. The van der Waals surface area contributed by atoms with Crippen molar-refractivity contribution in [1.29, 1.82) is 0 Å². The number of aryl methyl sites for hydroxylation is 1. The number of hydrogen-bond donors (Lipinski definition) is 1. The lowest BCUT2D eigenvalue weighted by molar-refractivity contribution is 0.0672. The van der Waals surface area contributed by atoms with Gasteiger partial charge >= 0.3 is 0 Å². The van der Waals surface area contributed by atoms with Crippen molar-refractivity contribution in [1.82, 2.24) is 0 Å². The Morgan fingerprint density at radius 3 is 2.67 bits per heavy atom. The summed E-state index contributed by atoms with van der Waals surface area (Å²) in [5.41, 5.74) is 4.80. The lowest BCUT2D eigenvalue weighted by Crippen LogP contribution is -2.36. The summed E-state index contributed by atoms with van der Waals surface area (Å²) in [4.78, 5) is 0. The molecule has 0 spiro atoms. The minimum absolute atomic E-state index is 0.257. The smallest absolute Gasteiger partial charge is 0.131 e. The lowest BCUT2D eigenvalue weighted by Gasteiger charge is -2.35. The monoisotopic (exact) mass is 370 g/mol. The summed E-state index contributed by atoms with van der Waals surface area (Å²) < 4.78 is 6.57. The van der Waals surface area contributed by atoms with Gasteiger partial charge in [-0.2, -0.15) is 0 Å². The quantitative estimate of drug-likeness (QED) is 0.596. The minimum atomic E-state index is -0.257. The van der Waals surface area contributed by atoms with E-state index in [-0.39, 0.29) is 5.60 Å². The van der Waals surface area contributed by atoms with Crippen molar-refractivity contribution >= 4 is 5.57 Å². The normalized spacial score (nSPS) is 24.3. The second kappa shape index (κ2) is 7.89. The van der Waals surface area contributed by atoms with Crippen LogP contribution in [0, 0.1) is 17.8 Å². The lowest BCUT2D eigenvalue weighted by atomic mass is 9.73. The second-order valence-corrected chi connectivity index (χ2v) is 9.75. The van der Waals surface area contributed by atoms with Crippen LogP contribution in [0.15, 0.2) is 17.7 Å². The summed E-state index contributed by atoms with van der Waals surface area (Å²) in [6.45, 7) is 13.5. The summed E-state index contributed by atoms with van der Waals surface area (Å²) in [5, 5.41) is 11.0. The Morgan fingerprint density at radius 2 is 2.00 bits per heavy atom. The third-order valence-electron chi connectivity index (χ3n) is 6.79. The van der Waals surface area contributed by atoms with Gasteiger partial charge in [-0.05, 0) is 81.1 Å². The number of hydrogen-bond acceptors (Lipinski definition) is 2. The number of rotatable bonds is 5. The Morgan fingerprint density at radius 1 is 1.26 bits per heavy atom. The molecule has 0 radical (unpaired) electrons. The standard InChI is InChI=1S/C25H38O2/c1-7-8-18-11-12-20-17(4)25(5,6)27-23-15-19(10-9-16(2)3)14-22(26)24(23)21(20)13-18/h14-18,26H,7-13H2,1-6H3. The van der Waals surface area contributed by atoms with Gasteiger partial charge in [-0.15, -0.1) is 0 Å². The van der Waals surface area contributed by atoms with Gasteiger partial charge in [0.15, 0.2) is 0 Å². The zero-order valence-corrected chi connectivity index (χ0v) is 18.2. The van der Waals surface area contributed by atoms with Crippen molar-refractivity contribution in [3.63, 3.8) is 0 Å². The fourth-order valence-electron chi connectivity index (χ4n) is 4.86. The number of fused-ring (bicyclic) bond motifs is 2.